The van der Waals surface area contributed by atoms with Crippen LogP contribution in [-0.2, 0) is 4.74 Å². The fourth-order valence-electron chi connectivity index (χ4n) is 1.03. The summed E-state index contributed by atoms with van der Waals surface area (Å²) >= 11 is 0. The molecular formula is C9H13N3O4. The van der Waals surface area contributed by atoms with Gasteiger partial charge in [0, 0.05) is 12.6 Å². The second-order valence-corrected chi connectivity index (χ2v) is 2.92. The lowest BCUT2D eigenvalue weighted by molar-refractivity contribution is -0.389. The summed E-state index contributed by atoms with van der Waals surface area (Å²) in [6, 6.07) is 2.91. The zero-order valence-corrected chi connectivity index (χ0v) is 8.63. The van der Waals surface area contributed by atoms with Crippen molar-refractivity contribution >= 4 is 11.5 Å². The molecule has 7 nitrogen and oxygen atoms in total. The summed E-state index contributed by atoms with van der Waals surface area (Å²) in [5.41, 5.74) is 0.693. The third kappa shape index (κ3) is 4.20. The van der Waals surface area contributed by atoms with Crippen molar-refractivity contribution in [3.05, 3.63) is 28.4 Å². The molecule has 0 aliphatic carbocycles. The number of aliphatic hydroxyl groups is 1. The summed E-state index contributed by atoms with van der Waals surface area (Å²) in [6.45, 7) is 1.32. The number of hydrogen-bond acceptors (Lipinski definition) is 6. The van der Waals surface area contributed by atoms with E-state index in [2.05, 4.69) is 10.3 Å². The molecule has 0 saturated heterocycles. The second-order valence-electron chi connectivity index (χ2n) is 2.92. The molecule has 0 amide bonds. The lowest BCUT2D eigenvalue weighted by Crippen LogP contribution is -2.11. The van der Waals surface area contributed by atoms with Gasteiger partial charge in [-0.05, 0) is 16.0 Å². The van der Waals surface area contributed by atoms with Gasteiger partial charge in [0.25, 0.3) is 0 Å². The molecule has 1 heterocycles. The molecular weight excluding hydrogens is 214 g/mol. The van der Waals surface area contributed by atoms with E-state index in [1.807, 2.05) is 0 Å². The molecule has 0 fully saturated rings. The molecule has 0 bridgehead atoms. The summed E-state index contributed by atoms with van der Waals surface area (Å²) in [5, 5.41) is 21.7. The average molecular weight is 227 g/mol. The number of nitrogens with zero attached hydrogens (tertiary/aromatic N) is 2. The Morgan fingerprint density at radius 1 is 1.50 bits per heavy atom. The van der Waals surface area contributed by atoms with E-state index in [0.29, 0.717) is 25.4 Å². The first-order chi connectivity index (χ1) is 7.74. The maximum absolute atomic E-state index is 10.3. The summed E-state index contributed by atoms with van der Waals surface area (Å²) in [5.74, 6) is -0.179. The largest absolute Gasteiger partial charge is 0.394 e. The first kappa shape index (κ1) is 12.3. The first-order valence-electron chi connectivity index (χ1n) is 4.77. The maximum atomic E-state index is 10.3. The van der Waals surface area contributed by atoms with Gasteiger partial charge >= 0.3 is 5.82 Å². The zero-order chi connectivity index (χ0) is 11.8. The minimum atomic E-state index is -0.547. The molecule has 0 spiro atoms. The average Bonchev–Trinajstić information content (AvgIpc) is 2.29. The predicted octanol–water partition coefficient (Wildman–Crippen LogP) is 0.411. The molecule has 7 heteroatoms. The Kier molecular flexibility index (Phi) is 5.17. The van der Waals surface area contributed by atoms with Crippen molar-refractivity contribution in [1.82, 2.24) is 4.98 Å². The summed E-state index contributed by atoms with van der Waals surface area (Å²) in [7, 11) is 0. The summed E-state index contributed by atoms with van der Waals surface area (Å²) < 4.78 is 5.03. The highest BCUT2D eigenvalue weighted by Crippen LogP contribution is 2.10. The topological polar surface area (TPSA) is 97.5 Å². The van der Waals surface area contributed by atoms with Crippen molar-refractivity contribution < 1.29 is 14.8 Å². The quantitative estimate of drug-likeness (QED) is 0.398. The Morgan fingerprint density at radius 2 is 2.31 bits per heavy atom. The third-order valence-electron chi connectivity index (χ3n) is 1.75. The molecule has 16 heavy (non-hydrogen) atoms. The molecule has 2 N–H and O–H groups in total. The summed E-state index contributed by atoms with van der Waals surface area (Å²) in [6.07, 6.45) is 1.39. The van der Waals surface area contributed by atoms with E-state index < -0.39 is 4.92 Å². The first-order valence-corrected chi connectivity index (χ1v) is 4.77. The van der Waals surface area contributed by atoms with Crippen molar-refractivity contribution in [2.24, 2.45) is 0 Å². The van der Waals surface area contributed by atoms with Crippen molar-refractivity contribution in [2.45, 2.75) is 0 Å². The number of nitrogens with one attached hydrogen (secondary N) is 1. The monoisotopic (exact) mass is 227 g/mol. The molecule has 0 saturated carbocycles. The molecule has 1 aromatic rings. The lowest BCUT2D eigenvalue weighted by Gasteiger charge is -2.04. The van der Waals surface area contributed by atoms with Crippen LogP contribution in [0, 0.1) is 10.1 Å². The van der Waals surface area contributed by atoms with Gasteiger partial charge in [0.15, 0.2) is 6.20 Å². The number of aromatic nitrogens is 1. The molecule has 0 unspecified atom stereocenters. The fraction of sp³-hybridized carbons (Fsp3) is 0.444. The minimum Gasteiger partial charge on any atom is -0.394 e. The predicted molar refractivity (Wildman–Crippen MR) is 57.3 cm³/mol. The SMILES string of the molecule is O=[N+]([O-])c1ccc(NCCOCCO)cn1. The Labute approximate surface area is 92.2 Å². The number of ether oxygens (including phenoxy) is 1. The third-order valence-corrected chi connectivity index (χ3v) is 1.75. The van der Waals surface area contributed by atoms with Crippen molar-refractivity contribution in [2.75, 3.05) is 31.7 Å². The van der Waals surface area contributed by atoms with E-state index in [-0.39, 0.29) is 12.4 Å². The van der Waals surface area contributed by atoms with E-state index in [4.69, 9.17) is 9.84 Å². The fourth-order valence-corrected chi connectivity index (χ4v) is 1.03. The van der Waals surface area contributed by atoms with E-state index in [0.717, 1.165) is 0 Å². The molecule has 0 atom stereocenters. The standard InChI is InChI=1S/C9H13N3O4/c13-4-6-16-5-3-10-8-1-2-9(11-7-8)12(14)15/h1-2,7,10,13H,3-6H2. The smallest absolute Gasteiger partial charge is 0.363 e. The highest BCUT2D eigenvalue weighted by atomic mass is 16.6. The van der Waals surface area contributed by atoms with Crippen LogP contribution in [-0.4, -0.2) is 41.4 Å². The molecule has 0 radical (unpaired) electrons. The Balaban J connectivity index is 2.29. The van der Waals surface area contributed by atoms with Crippen LogP contribution in [0.5, 0.6) is 0 Å². The van der Waals surface area contributed by atoms with Crippen molar-refractivity contribution in [3.8, 4) is 0 Å². The molecule has 0 aliphatic rings. The van der Waals surface area contributed by atoms with Crippen LogP contribution in [0.4, 0.5) is 11.5 Å². The molecule has 88 valence electrons. The van der Waals surface area contributed by atoms with Gasteiger partial charge in [-0.3, -0.25) is 0 Å². The minimum absolute atomic E-state index is 0.000906. The normalized spacial score (nSPS) is 10.1. The van der Waals surface area contributed by atoms with Crippen LogP contribution in [0.3, 0.4) is 0 Å². The van der Waals surface area contributed by atoms with Gasteiger partial charge in [0.1, 0.15) is 0 Å². The van der Waals surface area contributed by atoms with E-state index >= 15 is 0 Å². The van der Waals surface area contributed by atoms with Gasteiger partial charge in [-0.2, -0.15) is 0 Å². The van der Waals surface area contributed by atoms with Crippen LogP contribution in [0.2, 0.25) is 0 Å². The zero-order valence-electron chi connectivity index (χ0n) is 8.63. The highest BCUT2D eigenvalue weighted by Gasteiger charge is 2.05. The van der Waals surface area contributed by atoms with Crippen LogP contribution in [0.15, 0.2) is 18.3 Å². The van der Waals surface area contributed by atoms with Gasteiger partial charge in [0.2, 0.25) is 0 Å². The maximum Gasteiger partial charge on any atom is 0.363 e. The van der Waals surface area contributed by atoms with Crippen LogP contribution in [0.1, 0.15) is 0 Å². The summed E-state index contributed by atoms with van der Waals surface area (Å²) in [4.78, 5) is 13.4. The van der Waals surface area contributed by atoms with Crippen molar-refractivity contribution in [3.63, 3.8) is 0 Å². The molecule has 1 aromatic heterocycles. The number of hydrogen-bond donors (Lipinski definition) is 2. The molecule has 0 aromatic carbocycles. The van der Waals surface area contributed by atoms with Crippen LogP contribution in [0.25, 0.3) is 0 Å². The Hall–Kier alpha value is -1.73. The van der Waals surface area contributed by atoms with E-state index in [1.165, 1.54) is 12.3 Å². The Bertz CT molecular complexity index is 328. The van der Waals surface area contributed by atoms with Gasteiger partial charge in [-0.25, -0.2) is 0 Å². The second kappa shape index (κ2) is 6.70. The van der Waals surface area contributed by atoms with Gasteiger partial charge < -0.3 is 25.3 Å². The van der Waals surface area contributed by atoms with Crippen molar-refractivity contribution in [1.29, 1.82) is 0 Å². The molecule has 1 rings (SSSR count). The van der Waals surface area contributed by atoms with Crippen LogP contribution >= 0.6 is 0 Å². The van der Waals surface area contributed by atoms with Gasteiger partial charge in [-0.15, -0.1) is 0 Å². The lowest BCUT2D eigenvalue weighted by atomic mass is 10.4. The van der Waals surface area contributed by atoms with E-state index in [1.54, 1.807) is 6.07 Å². The molecule has 0 aliphatic heterocycles. The van der Waals surface area contributed by atoms with Gasteiger partial charge in [-0.1, -0.05) is 0 Å². The Morgan fingerprint density at radius 3 is 2.88 bits per heavy atom. The number of anilines is 1. The number of rotatable bonds is 7. The van der Waals surface area contributed by atoms with E-state index in [9.17, 15) is 10.1 Å². The number of pyridine rings is 1. The van der Waals surface area contributed by atoms with Gasteiger partial charge in [0.05, 0.1) is 25.5 Å². The van der Waals surface area contributed by atoms with Crippen LogP contribution < -0.4 is 5.32 Å². The highest BCUT2D eigenvalue weighted by molar-refractivity contribution is 5.43. The number of nitro groups is 1. The number of aliphatic hydroxyl groups excluding tert-OH is 1.